The maximum absolute atomic E-state index is 13.3. The predicted molar refractivity (Wildman–Crippen MR) is 124 cm³/mol. The molecule has 0 spiro atoms. The third-order valence-electron chi connectivity index (χ3n) is 4.33. The lowest BCUT2D eigenvalue weighted by atomic mass is 10.2. The number of thioether (sulfide) groups is 1. The summed E-state index contributed by atoms with van der Waals surface area (Å²) in [7, 11) is -3.98. The first-order valence-electron chi connectivity index (χ1n) is 9.08. The molecule has 0 aliphatic carbocycles. The zero-order chi connectivity index (χ0) is 21.7. The van der Waals surface area contributed by atoms with E-state index in [9.17, 15) is 13.2 Å². The Balaban J connectivity index is 1.93. The Bertz CT molecular complexity index is 1150. The standard InChI is InChI=1S/C22H21ClN2O3S2/c1-16-5-3-7-19(13-16)25(30(27,28)21-11-9-17(23)10-12-21)15-22(26)24-18-6-4-8-20(14-18)29-2/h3-14H,15H2,1-2H3,(H,24,26). The lowest BCUT2D eigenvalue weighted by Crippen LogP contribution is -2.38. The largest absolute Gasteiger partial charge is 0.324 e. The number of benzene rings is 3. The van der Waals surface area contributed by atoms with Gasteiger partial charge in [0.15, 0.2) is 0 Å². The normalized spacial score (nSPS) is 11.2. The van der Waals surface area contributed by atoms with E-state index in [-0.39, 0.29) is 11.4 Å². The number of amides is 1. The summed E-state index contributed by atoms with van der Waals surface area (Å²) in [6.45, 7) is 1.50. The van der Waals surface area contributed by atoms with Crippen molar-refractivity contribution in [2.24, 2.45) is 0 Å². The molecular formula is C22H21ClN2O3S2. The smallest absolute Gasteiger partial charge is 0.264 e. The third-order valence-corrected chi connectivity index (χ3v) is 7.10. The number of anilines is 2. The highest BCUT2D eigenvalue weighted by atomic mass is 35.5. The highest BCUT2D eigenvalue weighted by Gasteiger charge is 2.27. The van der Waals surface area contributed by atoms with Crippen LogP contribution in [0.1, 0.15) is 5.56 Å². The molecule has 0 saturated carbocycles. The van der Waals surface area contributed by atoms with Crippen molar-refractivity contribution in [1.82, 2.24) is 0 Å². The van der Waals surface area contributed by atoms with Crippen molar-refractivity contribution in [3.05, 3.63) is 83.4 Å². The van der Waals surface area contributed by atoms with Crippen LogP contribution in [0, 0.1) is 6.92 Å². The molecule has 0 aromatic heterocycles. The molecule has 1 amide bonds. The first-order valence-corrected chi connectivity index (χ1v) is 12.1. The number of hydrogen-bond donors (Lipinski definition) is 1. The Morgan fingerprint density at radius 1 is 1.03 bits per heavy atom. The lowest BCUT2D eigenvalue weighted by molar-refractivity contribution is -0.114. The van der Waals surface area contributed by atoms with Crippen LogP contribution in [-0.4, -0.2) is 27.1 Å². The van der Waals surface area contributed by atoms with Crippen LogP contribution in [0.3, 0.4) is 0 Å². The quantitative estimate of drug-likeness (QED) is 0.492. The van der Waals surface area contributed by atoms with Gasteiger partial charge in [-0.25, -0.2) is 8.42 Å². The number of rotatable bonds is 7. The fourth-order valence-electron chi connectivity index (χ4n) is 2.86. The maximum Gasteiger partial charge on any atom is 0.264 e. The number of nitrogens with one attached hydrogen (secondary N) is 1. The molecule has 0 unspecified atom stereocenters. The predicted octanol–water partition coefficient (Wildman–Crippen LogP) is 5.20. The van der Waals surface area contributed by atoms with Gasteiger partial charge in [-0.2, -0.15) is 0 Å². The molecule has 156 valence electrons. The topological polar surface area (TPSA) is 66.5 Å². The molecule has 3 aromatic carbocycles. The van der Waals surface area contributed by atoms with Crippen LogP contribution in [0.2, 0.25) is 5.02 Å². The van der Waals surface area contributed by atoms with E-state index in [1.165, 1.54) is 24.3 Å². The van der Waals surface area contributed by atoms with Gasteiger partial charge >= 0.3 is 0 Å². The number of halogens is 1. The fourth-order valence-corrected chi connectivity index (χ4v) is 4.86. The van der Waals surface area contributed by atoms with E-state index < -0.39 is 15.9 Å². The van der Waals surface area contributed by atoms with E-state index in [2.05, 4.69) is 5.32 Å². The van der Waals surface area contributed by atoms with Crippen LogP contribution in [-0.2, 0) is 14.8 Å². The summed E-state index contributed by atoms with van der Waals surface area (Å²) in [5.41, 5.74) is 1.91. The van der Waals surface area contributed by atoms with Crippen molar-refractivity contribution in [2.75, 3.05) is 22.4 Å². The monoisotopic (exact) mass is 460 g/mol. The molecular weight excluding hydrogens is 440 g/mol. The van der Waals surface area contributed by atoms with Gasteiger partial charge in [-0.3, -0.25) is 9.10 Å². The summed E-state index contributed by atoms with van der Waals surface area (Å²) in [6, 6.07) is 20.3. The van der Waals surface area contributed by atoms with Crippen molar-refractivity contribution in [2.45, 2.75) is 16.7 Å². The van der Waals surface area contributed by atoms with E-state index in [1.807, 2.05) is 37.4 Å². The molecule has 0 bridgehead atoms. The zero-order valence-corrected chi connectivity index (χ0v) is 18.9. The Labute approximate surface area is 186 Å². The van der Waals surface area contributed by atoms with Crippen LogP contribution < -0.4 is 9.62 Å². The second kappa shape index (κ2) is 9.55. The number of hydrogen-bond acceptors (Lipinski definition) is 4. The van der Waals surface area contributed by atoms with Gasteiger partial charge < -0.3 is 5.32 Å². The van der Waals surface area contributed by atoms with Crippen molar-refractivity contribution in [3.63, 3.8) is 0 Å². The summed E-state index contributed by atoms with van der Waals surface area (Å²) in [4.78, 5) is 13.8. The minimum atomic E-state index is -3.98. The minimum absolute atomic E-state index is 0.0607. The summed E-state index contributed by atoms with van der Waals surface area (Å²) in [6.07, 6.45) is 1.94. The Morgan fingerprint density at radius 2 is 1.73 bits per heavy atom. The molecule has 8 heteroatoms. The van der Waals surface area contributed by atoms with Gasteiger partial charge in [0.25, 0.3) is 10.0 Å². The van der Waals surface area contributed by atoms with Gasteiger partial charge in [-0.05, 0) is 73.3 Å². The molecule has 1 N–H and O–H groups in total. The van der Waals surface area contributed by atoms with Crippen LogP contribution >= 0.6 is 23.4 Å². The summed E-state index contributed by atoms with van der Waals surface area (Å²) >= 11 is 7.46. The third kappa shape index (κ3) is 5.36. The van der Waals surface area contributed by atoms with Gasteiger partial charge in [0.05, 0.1) is 10.6 Å². The highest BCUT2D eigenvalue weighted by Crippen LogP contribution is 2.26. The summed E-state index contributed by atoms with van der Waals surface area (Å²) < 4.78 is 27.8. The Hall–Kier alpha value is -2.48. The molecule has 5 nitrogen and oxygen atoms in total. The second-order valence-corrected chi connectivity index (χ2v) is 9.76. The molecule has 0 aliphatic heterocycles. The van der Waals surface area contributed by atoms with Crippen molar-refractivity contribution in [3.8, 4) is 0 Å². The molecule has 0 heterocycles. The summed E-state index contributed by atoms with van der Waals surface area (Å²) in [5.74, 6) is -0.438. The number of aryl methyl sites for hydroxylation is 1. The molecule has 0 fully saturated rings. The fraction of sp³-hybridized carbons (Fsp3) is 0.136. The van der Waals surface area contributed by atoms with Gasteiger partial charge in [0.1, 0.15) is 6.54 Å². The minimum Gasteiger partial charge on any atom is -0.324 e. The Morgan fingerprint density at radius 3 is 2.40 bits per heavy atom. The molecule has 3 aromatic rings. The zero-order valence-electron chi connectivity index (χ0n) is 16.5. The van der Waals surface area contributed by atoms with E-state index in [4.69, 9.17) is 11.6 Å². The van der Waals surface area contributed by atoms with Crippen LogP contribution in [0.4, 0.5) is 11.4 Å². The number of sulfonamides is 1. The highest BCUT2D eigenvalue weighted by molar-refractivity contribution is 7.98. The van der Waals surface area contributed by atoms with Crippen molar-refractivity contribution in [1.29, 1.82) is 0 Å². The van der Waals surface area contributed by atoms with E-state index in [0.29, 0.717) is 16.4 Å². The average Bonchev–Trinajstić information content (AvgIpc) is 2.72. The molecule has 0 saturated heterocycles. The Kier molecular flexibility index (Phi) is 7.07. The number of nitrogens with zero attached hydrogens (tertiary/aromatic N) is 1. The maximum atomic E-state index is 13.3. The number of carbonyl (C=O) groups is 1. The molecule has 3 rings (SSSR count). The number of carbonyl (C=O) groups excluding carboxylic acids is 1. The van der Waals surface area contributed by atoms with Crippen molar-refractivity contribution < 1.29 is 13.2 Å². The van der Waals surface area contributed by atoms with E-state index in [0.717, 1.165) is 14.8 Å². The first kappa shape index (κ1) is 22.2. The molecule has 0 atom stereocenters. The molecule has 30 heavy (non-hydrogen) atoms. The lowest BCUT2D eigenvalue weighted by Gasteiger charge is -2.24. The van der Waals surface area contributed by atoms with Crippen LogP contribution in [0.5, 0.6) is 0 Å². The van der Waals surface area contributed by atoms with Gasteiger partial charge in [-0.15, -0.1) is 11.8 Å². The van der Waals surface area contributed by atoms with Gasteiger partial charge in [0, 0.05) is 15.6 Å². The second-order valence-electron chi connectivity index (χ2n) is 6.58. The molecule has 0 radical (unpaired) electrons. The van der Waals surface area contributed by atoms with Crippen LogP contribution in [0.15, 0.2) is 82.6 Å². The van der Waals surface area contributed by atoms with Crippen LogP contribution in [0.25, 0.3) is 0 Å². The average molecular weight is 461 g/mol. The molecule has 0 aliphatic rings. The van der Waals surface area contributed by atoms with Gasteiger partial charge in [-0.1, -0.05) is 29.8 Å². The SMILES string of the molecule is CSc1cccc(NC(=O)CN(c2cccc(C)c2)S(=O)(=O)c2ccc(Cl)cc2)c1. The van der Waals surface area contributed by atoms with Gasteiger partial charge in [0.2, 0.25) is 5.91 Å². The van der Waals surface area contributed by atoms with Crippen molar-refractivity contribution >= 4 is 50.7 Å². The van der Waals surface area contributed by atoms with E-state index >= 15 is 0 Å². The summed E-state index contributed by atoms with van der Waals surface area (Å²) in [5, 5.41) is 3.22. The van der Waals surface area contributed by atoms with E-state index in [1.54, 1.807) is 36.0 Å². The first-order chi connectivity index (χ1) is 14.3.